The van der Waals surface area contributed by atoms with E-state index in [1.807, 2.05) is 11.3 Å². The Bertz CT molecular complexity index is 2730. The van der Waals surface area contributed by atoms with Crippen molar-refractivity contribution in [1.82, 2.24) is 4.57 Å². The predicted molar refractivity (Wildman–Crippen MR) is 192 cm³/mol. The molecule has 204 valence electrons. The van der Waals surface area contributed by atoms with Gasteiger partial charge in [0, 0.05) is 36.6 Å². The quantitative estimate of drug-likeness (QED) is 0.181. The molecule has 10 rings (SSSR count). The fraction of sp³-hybridized carbons (Fsp3) is 0. The van der Waals surface area contributed by atoms with Crippen LogP contribution in [0, 0.1) is 0 Å². The van der Waals surface area contributed by atoms with Crippen LogP contribution >= 0.6 is 11.3 Å². The molecule has 0 saturated carbocycles. The Morgan fingerprint density at radius 1 is 0.318 bits per heavy atom. The Morgan fingerprint density at radius 2 is 0.864 bits per heavy atom. The van der Waals surface area contributed by atoms with Gasteiger partial charge in [-0.1, -0.05) is 103 Å². The third-order valence-electron chi connectivity index (χ3n) is 9.36. The Morgan fingerprint density at radius 3 is 1.59 bits per heavy atom. The van der Waals surface area contributed by atoms with Crippen molar-refractivity contribution in [2.45, 2.75) is 0 Å². The second kappa shape index (κ2) is 9.03. The molecular weight excluding hydrogens is 551 g/mol. The van der Waals surface area contributed by atoms with E-state index in [0.717, 1.165) is 0 Å². The standard InChI is InChI=1S/C42H25NS/c1-2-10-28(11-3-1)43-39-21-19-27(23-36(39)37-24-38-34-16-8-9-17-41(34)44-42(38)25-40(37)43)26-18-20-33-31-14-5-4-12-29(31)30-13-6-7-15-32(30)35(33)22-26/h1-25H. The van der Waals surface area contributed by atoms with E-state index in [1.165, 1.54) is 91.1 Å². The zero-order valence-corrected chi connectivity index (χ0v) is 24.6. The summed E-state index contributed by atoms with van der Waals surface area (Å²) in [5.41, 5.74) is 6.14. The van der Waals surface area contributed by atoms with Crippen LogP contribution in [0.5, 0.6) is 0 Å². The van der Waals surface area contributed by atoms with E-state index in [2.05, 4.69) is 156 Å². The van der Waals surface area contributed by atoms with Gasteiger partial charge in [0.15, 0.2) is 0 Å². The normalized spacial score (nSPS) is 12.1. The van der Waals surface area contributed by atoms with Gasteiger partial charge in [-0.15, -0.1) is 11.3 Å². The third kappa shape index (κ3) is 3.35. The van der Waals surface area contributed by atoms with Crippen molar-refractivity contribution < 1.29 is 0 Å². The maximum atomic E-state index is 2.43. The van der Waals surface area contributed by atoms with Crippen molar-refractivity contribution >= 4 is 85.6 Å². The van der Waals surface area contributed by atoms with E-state index in [1.54, 1.807) is 0 Å². The zero-order valence-electron chi connectivity index (χ0n) is 23.8. The molecule has 2 heteroatoms. The highest BCUT2D eigenvalue weighted by atomic mass is 32.1. The first-order chi connectivity index (χ1) is 21.8. The number of aromatic nitrogens is 1. The van der Waals surface area contributed by atoms with Gasteiger partial charge in [0.2, 0.25) is 0 Å². The lowest BCUT2D eigenvalue weighted by Gasteiger charge is -2.12. The fourth-order valence-corrected chi connectivity index (χ4v) is 8.48. The molecule has 0 unspecified atom stereocenters. The largest absolute Gasteiger partial charge is 0.309 e. The third-order valence-corrected chi connectivity index (χ3v) is 10.5. The molecule has 0 spiro atoms. The molecular formula is C42H25NS. The second-order valence-corrected chi connectivity index (χ2v) is 12.8. The van der Waals surface area contributed by atoms with Crippen LogP contribution < -0.4 is 0 Å². The van der Waals surface area contributed by atoms with Gasteiger partial charge in [0.1, 0.15) is 0 Å². The zero-order chi connectivity index (χ0) is 28.8. The van der Waals surface area contributed by atoms with Crippen molar-refractivity contribution in [1.29, 1.82) is 0 Å². The first-order valence-corrected chi connectivity index (χ1v) is 15.9. The summed E-state index contributed by atoms with van der Waals surface area (Å²) in [6.45, 7) is 0. The highest BCUT2D eigenvalue weighted by molar-refractivity contribution is 7.25. The SMILES string of the molecule is c1ccc(-n2c3ccc(-c4ccc5c6ccccc6c6ccccc6c5c4)cc3c3cc4c(cc32)sc2ccccc24)cc1. The highest BCUT2D eigenvalue weighted by Crippen LogP contribution is 2.42. The van der Waals surface area contributed by atoms with Crippen LogP contribution in [0.1, 0.15) is 0 Å². The summed E-state index contributed by atoms with van der Waals surface area (Å²) in [4.78, 5) is 0. The van der Waals surface area contributed by atoms with Gasteiger partial charge in [-0.25, -0.2) is 0 Å². The van der Waals surface area contributed by atoms with Gasteiger partial charge < -0.3 is 4.57 Å². The lowest BCUT2D eigenvalue weighted by atomic mass is 9.92. The van der Waals surface area contributed by atoms with Crippen LogP contribution in [-0.4, -0.2) is 4.57 Å². The first kappa shape index (κ1) is 24.0. The molecule has 44 heavy (non-hydrogen) atoms. The number of hydrogen-bond donors (Lipinski definition) is 0. The highest BCUT2D eigenvalue weighted by Gasteiger charge is 2.17. The molecule has 0 fully saturated rings. The molecule has 10 aromatic rings. The van der Waals surface area contributed by atoms with Gasteiger partial charge in [-0.2, -0.15) is 0 Å². The van der Waals surface area contributed by atoms with Crippen LogP contribution in [0.3, 0.4) is 0 Å². The number of benzene rings is 8. The number of fused-ring (bicyclic) bond motifs is 12. The van der Waals surface area contributed by atoms with Gasteiger partial charge in [0.05, 0.1) is 11.0 Å². The Kier molecular flexibility index (Phi) is 4.94. The molecule has 0 saturated heterocycles. The van der Waals surface area contributed by atoms with E-state index in [9.17, 15) is 0 Å². The monoisotopic (exact) mass is 575 g/mol. The van der Waals surface area contributed by atoms with Crippen LogP contribution in [0.15, 0.2) is 152 Å². The summed E-state index contributed by atoms with van der Waals surface area (Å²) in [6.07, 6.45) is 0. The number of thiophene rings is 1. The lowest BCUT2D eigenvalue weighted by Crippen LogP contribution is -1.93. The molecule has 8 aromatic carbocycles. The van der Waals surface area contributed by atoms with E-state index >= 15 is 0 Å². The van der Waals surface area contributed by atoms with Gasteiger partial charge >= 0.3 is 0 Å². The average Bonchev–Trinajstić information content (AvgIpc) is 3.62. The number of nitrogens with zero attached hydrogens (tertiary/aromatic N) is 1. The second-order valence-electron chi connectivity index (χ2n) is 11.7. The average molecular weight is 576 g/mol. The Balaban J connectivity index is 1.27. The summed E-state index contributed by atoms with van der Waals surface area (Å²) in [7, 11) is 0. The fourth-order valence-electron chi connectivity index (χ4n) is 7.36. The summed E-state index contributed by atoms with van der Waals surface area (Å²) >= 11 is 1.88. The number of para-hydroxylation sites is 1. The molecule has 0 N–H and O–H groups in total. The maximum Gasteiger partial charge on any atom is 0.0555 e. The van der Waals surface area contributed by atoms with Crippen LogP contribution in [0.2, 0.25) is 0 Å². The topological polar surface area (TPSA) is 4.93 Å². The molecule has 0 aliphatic heterocycles. The van der Waals surface area contributed by atoms with Crippen molar-refractivity contribution in [3.05, 3.63) is 152 Å². The molecule has 2 heterocycles. The first-order valence-electron chi connectivity index (χ1n) is 15.1. The van der Waals surface area contributed by atoms with Crippen LogP contribution in [0.25, 0.3) is 91.1 Å². The molecule has 1 nitrogen and oxygen atoms in total. The van der Waals surface area contributed by atoms with Crippen LogP contribution in [-0.2, 0) is 0 Å². The van der Waals surface area contributed by atoms with Gasteiger partial charge in [0.25, 0.3) is 0 Å². The summed E-state index contributed by atoms with van der Waals surface area (Å²) < 4.78 is 5.09. The number of hydrogen-bond acceptors (Lipinski definition) is 1. The van der Waals surface area contributed by atoms with Gasteiger partial charge in [-0.05, 0) is 92.0 Å². The summed E-state index contributed by atoms with van der Waals surface area (Å²) in [5.74, 6) is 0. The predicted octanol–water partition coefficient (Wildman–Crippen LogP) is 12.3. The van der Waals surface area contributed by atoms with Crippen molar-refractivity contribution in [3.63, 3.8) is 0 Å². The summed E-state index contributed by atoms with van der Waals surface area (Å²) in [6, 6.07) is 56.0. The smallest absolute Gasteiger partial charge is 0.0555 e. The van der Waals surface area contributed by atoms with E-state index in [0.29, 0.717) is 0 Å². The molecule has 0 aliphatic carbocycles. The minimum atomic E-state index is 1.18. The Labute approximate surface area is 257 Å². The maximum absolute atomic E-state index is 2.43. The van der Waals surface area contributed by atoms with E-state index in [-0.39, 0.29) is 0 Å². The molecule has 0 atom stereocenters. The number of rotatable bonds is 2. The minimum absolute atomic E-state index is 1.18. The van der Waals surface area contributed by atoms with E-state index < -0.39 is 0 Å². The van der Waals surface area contributed by atoms with Gasteiger partial charge in [-0.3, -0.25) is 0 Å². The van der Waals surface area contributed by atoms with E-state index in [4.69, 9.17) is 0 Å². The van der Waals surface area contributed by atoms with Crippen molar-refractivity contribution in [2.24, 2.45) is 0 Å². The molecule has 0 bridgehead atoms. The summed E-state index contributed by atoms with van der Waals surface area (Å²) in [5, 5.41) is 13.1. The Hall–Kier alpha value is -5.44. The molecule has 2 aromatic heterocycles. The van der Waals surface area contributed by atoms with Crippen molar-refractivity contribution in [3.8, 4) is 16.8 Å². The molecule has 0 amide bonds. The molecule has 0 aliphatic rings. The molecule has 0 radical (unpaired) electrons. The van der Waals surface area contributed by atoms with Crippen LogP contribution in [0.4, 0.5) is 0 Å². The van der Waals surface area contributed by atoms with Crippen molar-refractivity contribution in [2.75, 3.05) is 0 Å². The lowest BCUT2D eigenvalue weighted by molar-refractivity contribution is 1.18. The minimum Gasteiger partial charge on any atom is -0.309 e.